The van der Waals surface area contributed by atoms with E-state index < -0.39 is 29.7 Å². The van der Waals surface area contributed by atoms with Crippen molar-refractivity contribution in [2.45, 2.75) is 105 Å². The van der Waals surface area contributed by atoms with E-state index in [0.29, 0.717) is 17.1 Å². The molecule has 1 aliphatic rings. The van der Waals surface area contributed by atoms with Crippen molar-refractivity contribution in [2.24, 2.45) is 0 Å². The molecule has 282 valence electrons. The number of nitrogens with zero attached hydrogens (tertiary/aromatic N) is 3. The molecule has 10 heteroatoms. The number of nitrogens with one attached hydrogen (secondary N) is 2. The van der Waals surface area contributed by atoms with Crippen LogP contribution < -0.4 is 15.5 Å². The van der Waals surface area contributed by atoms with Crippen LogP contribution in [0.5, 0.6) is 0 Å². The lowest BCUT2D eigenvalue weighted by atomic mass is 9.98. The van der Waals surface area contributed by atoms with E-state index in [1.165, 1.54) is 24.6 Å². The molecule has 1 amide bonds. The number of rotatable bonds is 15. The lowest BCUT2D eigenvalue weighted by Gasteiger charge is -2.28. The van der Waals surface area contributed by atoms with Crippen LogP contribution in [0.15, 0.2) is 71.5 Å². The highest BCUT2D eigenvalue weighted by molar-refractivity contribution is 5.96. The maximum absolute atomic E-state index is 14.2. The number of aliphatic hydroxyl groups is 1. The number of aliphatic hydroxyl groups excluding tert-OH is 1. The van der Waals surface area contributed by atoms with Gasteiger partial charge in [0.25, 0.3) is 5.91 Å². The van der Waals surface area contributed by atoms with Crippen molar-refractivity contribution >= 4 is 11.7 Å². The fourth-order valence-electron chi connectivity index (χ4n) is 5.71. The molecule has 0 aliphatic heterocycles. The summed E-state index contributed by atoms with van der Waals surface area (Å²) < 4.78 is 33.8. The molecular weight excluding hydrogens is 660 g/mol. The molecule has 2 heterocycles. The van der Waals surface area contributed by atoms with Gasteiger partial charge in [0.15, 0.2) is 0 Å². The van der Waals surface area contributed by atoms with Crippen molar-refractivity contribution in [3.05, 3.63) is 101 Å². The molecule has 0 radical (unpaired) electrons. The summed E-state index contributed by atoms with van der Waals surface area (Å²) in [5, 5.41) is 17.9. The van der Waals surface area contributed by atoms with Crippen molar-refractivity contribution in [1.82, 2.24) is 20.6 Å². The van der Waals surface area contributed by atoms with E-state index >= 15 is 0 Å². The van der Waals surface area contributed by atoms with Crippen LogP contribution in [0.1, 0.15) is 108 Å². The van der Waals surface area contributed by atoms with Crippen LogP contribution >= 0.6 is 0 Å². The summed E-state index contributed by atoms with van der Waals surface area (Å²) in [5.41, 5.74) is 2.42. The molecule has 52 heavy (non-hydrogen) atoms. The number of anilines is 1. The number of benzene rings is 2. The largest absolute Gasteiger partial charge is 0.443 e. The average Bonchev–Trinajstić information content (AvgIpc) is 3.77. The number of terminal acetylenes is 1. The Morgan fingerprint density at radius 1 is 1.00 bits per heavy atom. The minimum Gasteiger partial charge on any atom is -0.443 e. The van der Waals surface area contributed by atoms with Crippen LogP contribution in [0.25, 0.3) is 11.6 Å². The quantitative estimate of drug-likeness (QED) is 0.106. The first-order valence-corrected chi connectivity index (χ1v) is 18.7. The zero-order valence-corrected chi connectivity index (χ0v) is 32.1. The van der Waals surface area contributed by atoms with Crippen molar-refractivity contribution in [3.8, 4) is 23.9 Å². The third-order valence-electron chi connectivity index (χ3n) is 8.18. The highest BCUT2D eigenvalue weighted by Gasteiger charge is 2.44. The summed E-state index contributed by atoms with van der Waals surface area (Å²) in [5.74, 6) is 1.57. The van der Waals surface area contributed by atoms with E-state index in [9.17, 15) is 18.7 Å². The molecule has 2 aromatic heterocycles. The third-order valence-corrected chi connectivity index (χ3v) is 8.18. The monoisotopic (exact) mass is 717 g/mol. The summed E-state index contributed by atoms with van der Waals surface area (Å²) in [6.45, 7) is 17.7. The van der Waals surface area contributed by atoms with Gasteiger partial charge in [-0.1, -0.05) is 73.4 Å². The van der Waals surface area contributed by atoms with Gasteiger partial charge in [0.2, 0.25) is 5.89 Å². The molecule has 2 aromatic carbocycles. The van der Waals surface area contributed by atoms with Crippen molar-refractivity contribution < 1.29 is 23.1 Å². The Hall–Kier alpha value is -4.59. The first kappa shape index (κ1) is 43.6. The van der Waals surface area contributed by atoms with Gasteiger partial charge in [-0.15, -0.1) is 6.42 Å². The number of carbonyl (C=O) groups excluding carboxylic acids is 1. The molecule has 1 aliphatic carbocycles. The number of oxazole rings is 1. The predicted molar refractivity (Wildman–Crippen MR) is 207 cm³/mol. The van der Waals surface area contributed by atoms with Gasteiger partial charge in [-0.25, -0.2) is 18.7 Å². The third kappa shape index (κ3) is 12.3. The summed E-state index contributed by atoms with van der Waals surface area (Å²) >= 11 is 0. The van der Waals surface area contributed by atoms with E-state index in [1.54, 1.807) is 12.1 Å². The lowest BCUT2D eigenvalue weighted by molar-refractivity contribution is 0.0822. The van der Waals surface area contributed by atoms with E-state index in [4.69, 9.17) is 15.8 Å². The molecule has 1 fully saturated rings. The zero-order chi connectivity index (χ0) is 38.7. The molecule has 0 bridgehead atoms. The van der Waals surface area contributed by atoms with Gasteiger partial charge >= 0.3 is 0 Å². The zero-order valence-electron chi connectivity index (χ0n) is 32.1. The Morgan fingerprint density at radius 3 is 2.21 bits per heavy atom. The highest BCUT2D eigenvalue weighted by Crippen LogP contribution is 2.45. The molecular formula is C42H57F2N5O3. The van der Waals surface area contributed by atoms with E-state index in [1.807, 2.05) is 65.8 Å². The maximum atomic E-state index is 14.2. The van der Waals surface area contributed by atoms with Gasteiger partial charge in [-0.3, -0.25) is 4.79 Å². The minimum absolute atomic E-state index is 0.00875. The van der Waals surface area contributed by atoms with Gasteiger partial charge in [0.1, 0.15) is 29.4 Å². The second-order valence-corrected chi connectivity index (χ2v) is 11.7. The SMILES string of the molecule is C#Cc1cccc(C2(NCC(O)C(Cc3cc(F)cc(F)c3)NC(=O)c3cc(-c4ncco4)nc(N(CCC)CCC)c3)CC2)c1.CC.CC.CC. The molecule has 5 rings (SSSR count). The van der Waals surface area contributed by atoms with Gasteiger partial charge < -0.3 is 25.1 Å². The van der Waals surface area contributed by atoms with E-state index in [-0.39, 0.29) is 30.0 Å². The number of aromatic nitrogens is 2. The van der Waals surface area contributed by atoms with Crippen LogP contribution in [-0.2, 0) is 12.0 Å². The van der Waals surface area contributed by atoms with Gasteiger partial charge in [0, 0.05) is 42.4 Å². The number of pyridine rings is 1. The number of hydrogen-bond acceptors (Lipinski definition) is 7. The van der Waals surface area contributed by atoms with Crippen LogP contribution in [0.2, 0.25) is 0 Å². The molecule has 3 N–H and O–H groups in total. The Bertz CT molecular complexity index is 1660. The van der Waals surface area contributed by atoms with E-state index in [0.717, 1.165) is 56.0 Å². The van der Waals surface area contributed by atoms with Crippen LogP contribution in [0.3, 0.4) is 0 Å². The Labute approximate surface area is 309 Å². The Kier molecular flexibility index (Phi) is 18.7. The molecule has 0 spiro atoms. The molecule has 8 nitrogen and oxygen atoms in total. The van der Waals surface area contributed by atoms with Crippen molar-refractivity contribution in [3.63, 3.8) is 0 Å². The average molecular weight is 718 g/mol. The Morgan fingerprint density at radius 2 is 1.65 bits per heavy atom. The summed E-state index contributed by atoms with van der Waals surface area (Å²) in [6.07, 6.45) is 10.9. The van der Waals surface area contributed by atoms with E-state index in [2.05, 4.69) is 40.3 Å². The second-order valence-electron chi connectivity index (χ2n) is 11.7. The predicted octanol–water partition coefficient (Wildman–Crippen LogP) is 8.68. The molecule has 4 aromatic rings. The van der Waals surface area contributed by atoms with Gasteiger partial charge in [-0.2, -0.15) is 0 Å². The van der Waals surface area contributed by atoms with Gasteiger partial charge in [-0.05, 0) is 79.6 Å². The topological polar surface area (TPSA) is 104 Å². The second kappa shape index (κ2) is 22.4. The minimum atomic E-state index is -1.10. The van der Waals surface area contributed by atoms with Crippen LogP contribution in [0, 0.1) is 24.0 Å². The number of hydrogen-bond donors (Lipinski definition) is 3. The van der Waals surface area contributed by atoms with Crippen molar-refractivity contribution in [2.75, 3.05) is 24.5 Å². The lowest BCUT2D eigenvalue weighted by Crippen LogP contribution is -2.50. The number of halogens is 2. The summed E-state index contributed by atoms with van der Waals surface area (Å²) in [4.78, 5) is 24.9. The molecule has 2 atom stereocenters. The molecule has 0 saturated heterocycles. The number of amides is 1. The van der Waals surface area contributed by atoms with Crippen molar-refractivity contribution in [1.29, 1.82) is 0 Å². The standard InChI is InChI=1S/C36H39F2N5O3.3C2H6/c1-4-13-43(14-5-2)33-21-26(20-31(41-33)35-39-12-15-46-35)34(45)42-30(19-25-17-28(37)22-29(38)18-25)32(44)23-40-36(10-11-36)27-9-7-8-24(6-3)16-27;3*1-2/h3,7-9,12,15-18,20-22,30,32,40,44H,4-5,10-11,13-14,19,23H2,1-2H3,(H,42,45);3*1-2H3. The Balaban J connectivity index is 0.00000148. The maximum Gasteiger partial charge on any atom is 0.251 e. The fraction of sp³-hybridized carbons (Fsp3) is 0.452. The number of carbonyl (C=O) groups is 1. The first-order valence-electron chi connectivity index (χ1n) is 18.7. The molecule has 1 saturated carbocycles. The first-order chi connectivity index (χ1) is 25.2. The summed E-state index contributed by atoms with van der Waals surface area (Å²) in [7, 11) is 0. The van der Waals surface area contributed by atoms with Gasteiger partial charge in [0.05, 0.1) is 18.3 Å². The highest BCUT2D eigenvalue weighted by atomic mass is 19.1. The molecule has 2 unspecified atom stereocenters. The van der Waals surface area contributed by atoms with Crippen LogP contribution in [-0.4, -0.2) is 52.8 Å². The van der Waals surface area contributed by atoms with Crippen LogP contribution in [0.4, 0.5) is 14.6 Å². The normalized spacial score (nSPS) is 13.3. The smallest absolute Gasteiger partial charge is 0.251 e. The fourth-order valence-corrected chi connectivity index (χ4v) is 5.71. The summed E-state index contributed by atoms with van der Waals surface area (Å²) in [6, 6.07) is 13.3.